The number of benzene rings is 2. The standard InChI is InChI=1S/C19H22FN3O2/c20-15-7-5-14(6-8-15)18(23-9-11-25-12-10-23)13-22-19(24)16-3-1-2-4-17(16)21/h1-8,18H,9-13,21H2,(H,22,24). The van der Waals surface area contributed by atoms with Gasteiger partial charge in [0.25, 0.3) is 5.91 Å². The Bertz CT molecular complexity index is 715. The number of nitrogens with zero attached hydrogens (tertiary/aromatic N) is 1. The van der Waals surface area contributed by atoms with Gasteiger partial charge in [0, 0.05) is 25.3 Å². The Morgan fingerprint density at radius 2 is 1.84 bits per heavy atom. The molecule has 0 radical (unpaired) electrons. The molecule has 1 saturated heterocycles. The van der Waals surface area contributed by atoms with E-state index in [0.29, 0.717) is 31.0 Å². The van der Waals surface area contributed by atoms with E-state index in [-0.39, 0.29) is 17.8 Å². The number of nitrogen functional groups attached to an aromatic ring is 1. The number of amides is 1. The summed E-state index contributed by atoms with van der Waals surface area (Å²) >= 11 is 0. The van der Waals surface area contributed by atoms with E-state index >= 15 is 0 Å². The van der Waals surface area contributed by atoms with Crippen molar-refractivity contribution in [1.82, 2.24) is 10.2 Å². The first-order valence-electron chi connectivity index (χ1n) is 8.35. The molecule has 5 nitrogen and oxygen atoms in total. The zero-order valence-corrected chi connectivity index (χ0v) is 14.0. The van der Waals surface area contributed by atoms with Crippen molar-refractivity contribution < 1.29 is 13.9 Å². The van der Waals surface area contributed by atoms with Gasteiger partial charge in [-0.05, 0) is 29.8 Å². The Balaban J connectivity index is 1.74. The number of rotatable bonds is 5. The monoisotopic (exact) mass is 343 g/mol. The Kier molecular flexibility index (Phi) is 5.63. The Labute approximate surface area is 146 Å². The van der Waals surface area contributed by atoms with Gasteiger partial charge in [0.05, 0.1) is 24.8 Å². The molecule has 0 bridgehead atoms. The van der Waals surface area contributed by atoms with E-state index in [0.717, 1.165) is 18.7 Å². The molecular formula is C19H22FN3O2. The van der Waals surface area contributed by atoms with Gasteiger partial charge in [-0.2, -0.15) is 0 Å². The second-order valence-corrected chi connectivity index (χ2v) is 6.01. The number of nitrogens with two attached hydrogens (primary N) is 1. The smallest absolute Gasteiger partial charge is 0.253 e. The van der Waals surface area contributed by atoms with Crippen molar-refractivity contribution in [1.29, 1.82) is 0 Å². The summed E-state index contributed by atoms with van der Waals surface area (Å²) in [5.41, 5.74) is 7.74. The predicted octanol–water partition coefficient (Wildman–Crippen LogP) is 2.21. The molecule has 2 aromatic carbocycles. The lowest BCUT2D eigenvalue weighted by molar-refractivity contribution is 0.0162. The second-order valence-electron chi connectivity index (χ2n) is 6.01. The minimum Gasteiger partial charge on any atom is -0.398 e. The maximum absolute atomic E-state index is 13.3. The van der Waals surface area contributed by atoms with E-state index in [1.54, 1.807) is 36.4 Å². The largest absolute Gasteiger partial charge is 0.398 e. The van der Waals surface area contributed by atoms with Gasteiger partial charge >= 0.3 is 0 Å². The van der Waals surface area contributed by atoms with Crippen molar-refractivity contribution >= 4 is 11.6 Å². The molecule has 1 fully saturated rings. The fraction of sp³-hybridized carbons (Fsp3) is 0.316. The highest BCUT2D eigenvalue weighted by molar-refractivity contribution is 5.99. The van der Waals surface area contributed by atoms with Gasteiger partial charge in [-0.25, -0.2) is 4.39 Å². The lowest BCUT2D eigenvalue weighted by Crippen LogP contribution is -2.43. The van der Waals surface area contributed by atoms with Gasteiger partial charge in [0.15, 0.2) is 0 Å². The van der Waals surface area contributed by atoms with E-state index in [1.807, 2.05) is 0 Å². The quantitative estimate of drug-likeness (QED) is 0.817. The zero-order valence-electron chi connectivity index (χ0n) is 14.0. The highest BCUT2D eigenvalue weighted by Gasteiger charge is 2.23. The number of nitrogens with one attached hydrogen (secondary N) is 1. The number of hydrogen-bond acceptors (Lipinski definition) is 4. The molecule has 1 aliphatic heterocycles. The maximum Gasteiger partial charge on any atom is 0.253 e. The van der Waals surface area contributed by atoms with Gasteiger partial charge in [-0.15, -0.1) is 0 Å². The molecule has 1 amide bonds. The third-order valence-corrected chi connectivity index (χ3v) is 4.40. The first kappa shape index (κ1) is 17.4. The molecule has 1 unspecified atom stereocenters. The molecule has 1 heterocycles. The number of carbonyl (C=O) groups excluding carboxylic acids is 1. The summed E-state index contributed by atoms with van der Waals surface area (Å²) in [5.74, 6) is -0.482. The normalized spacial score (nSPS) is 16.4. The summed E-state index contributed by atoms with van der Waals surface area (Å²) in [6.45, 7) is 3.25. The second kappa shape index (κ2) is 8.09. The molecule has 3 N–H and O–H groups in total. The number of ether oxygens (including phenoxy) is 1. The number of hydrogen-bond donors (Lipinski definition) is 2. The molecule has 1 atom stereocenters. The van der Waals surface area contributed by atoms with Gasteiger partial charge < -0.3 is 15.8 Å². The van der Waals surface area contributed by atoms with Crippen LogP contribution in [0.5, 0.6) is 0 Å². The van der Waals surface area contributed by atoms with Gasteiger partial charge in [-0.3, -0.25) is 9.69 Å². The van der Waals surface area contributed by atoms with E-state index in [4.69, 9.17) is 10.5 Å². The number of halogens is 1. The van der Waals surface area contributed by atoms with Crippen LogP contribution >= 0.6 is 0 Å². The van der Waals surface area contributed by atoms with Crippen molar-refractivity contribution in [3.05, 3.63) is 65.5 Å². The Morgan fingerprint density at radius 3 is 2.52 bits per heavy atom. The van der Waals surface area contributed by atoms with Crippen LogP contribution in [0.4, 0.5) is 10.1 Å². The minimum absolute atomic E-state index is 0.0432. The van der Waals surface area contributed by atoms with E-state index in [2.05, 4.69) is 10.2 Å². The third kappa shape index (κ3) is 4.35. The Hall–Kier alpha value is -2.44. The van der Waals surface area contributed by atoms with Gasteiger partial charge in [-0.1, -0.05) is 24.3 Å². The van der Waals surface area contributed by atoms with Crippen LogP contribution in [0.3, 0.4) is 0 Å². The molecule has 0 aromatic heterocycles. The summed E-state index contributed by atoms with van der Waals surface area (Å²) in [4.78, 5) is 14.7. The lowest BCUT2D eigenvalue weighted by Gasteiger charge is -2.35. The first-order chi connectivity index (χ1) is 12.1. The summed E-state index contributed by atoms with van der Waals surface area (Å²) < 4.78 is 18.7. The van der Waals surface area contributed by atoms with Crippen molar-refractivity contribution in [2.75, 3.05) is 38.6 Å². The highest BCUT2D eigenvalue weighted by Crippen LogP contribution is 2.22. The van der Waals surface area contributed by atoms with Gasteiger partial charge in [0.1, 0.15) is 5.82 Å². The van der Waals surface area contributed by atoms with Crippen molar-refractivity contribution in [2.24, 2.45) is 0 Å². The molecule has 3 rings (SSSR count). The molecule has 25 heavy (non-hydrogen) atoms. The van der Waals surface area contributed by atoms with E-state index in [9.17, 15) is 9.18 Å². The predicted molar refractivity (Wildman–Crippen MR) is 94.7 cm³/mol. The van der Waals surface area contributed by atoms with Crippen molar-refractivity contribution in [3.63, 3.8) is 0 Å². The topological polar surface area (TPSA) is 67.6 Å². The first-order valence-corrected chi connectivity index (χ1v) is 8.35. The molecule has 6 heteroatoms. The average molecular weight is 343 g/mol. The number of para-hydroxylation sites is 1. The fourth-order valence-corrected chi connectivity index (χ4v) is 3.02. The van der Waals surface area contributed by atoms with Crippen LogP contribution in [0, 0.1) is 5.82 Å². The van der Waals surface area contributed by atoms with Crippen LogP contribution in [0.1, 0.15) is 22.0 Å². The minimum atomic E-state index is -0.273. The number of carbonyl (C=O) groups is 1. The number of anilines is 1. The lowest BCUT2D eigenvalue weighted by atomic mass is 10.0. The van der Waals surface area contributed by atoms with E-state index in [1.165, 1.54) is 12.1 Å². The maximum atomic E-state index is 13.3. The van der Waals surface area contributed by atoms with Crippen LogP contribution < -0.4 is 11.1 Å². The summed E-state index contributed by atoms with van der Waals surface area (Å²) in [7, 11) is 0. The summed E-state index contributed by atoms with van der Waals surface area (Å²) in [6, 6.07) is 13.3. The number of morpholine rings is 1. The van der Waals surface area contributed by atoms with Crippen molar-refractivity contribution in [3.8, 4) is 0 Å². The molecule has 2 aromatic rings. The van der Waals surface area contributed by atoms with E-state index < -0.39 is 0 Å². The zero-order chi connectivity index (χ0) is 17.6. The summed E-state index contributed by atoms with van der Waals surface area (Å²) in [5, 5.41) is 2.96. The molecule has 132 valence electrons. The molecule has 0 aliphatic carbocycles. The third-order valence-electron chi connectivity index (χ3n) is 4.40. The van der Waals surface area contributed by atoms with Crippen LogP contribution in [-0.4, -0.2) is 43.7 Å². The summed E-state index contributed by atoms with van der Waals surface area (Å²) in [6.07, 6.45) is 0. The highest BCUT2D eigenvalue weighted by atomic mass is 19.1. The van der Waals surface area contributed by atoms with Crippen molar-refractivity contribution in [2.45, 2.75) is 6.04 Å². The molecule has 0 saturated carbocycles. The van der Waals surface area contributed by atoms with Crippen LogP contribution in [0.15, 0.2) is 48.5 Å². The van der Waals surface area contributed by atoms with Crippen LogP contribution in [0.25, 0.3) is 0 Å². The van der Waals surface area contributed by atoms with Crippen LogP contribution in [0.2, 0.25) is 0 Å². The SMILES string of the molecule is Nc1ccccc1C(=O)NCC(c1ccc(F)cc1)N1CCOCC1. The fourth-order valence-electron chi connectivity index (χ4n) is 3.02. The Morgan fingerprint density at radius 1 is 1.16 bits per heavy atom. The van der Waals surface area contributed by atoms with Gasteiger partial charge in [0.2, 0.25) is 0 Å². The molecule has 1 aliphatic rings. The molecule has 0 spiro atoms. The average Bonchev–Trinajstić information content (AvgIpc) is 2.64. The molecular weight excluding hydrogens is 321 g/mol. The van der Waals surface area contributed by atoms with Crippen LogP contribution in [-0.2, 0) is 4.74 Å².